The van der Waals surface area contributed by atoms with Gasteiger partial charge in [-0.25, -0.2) is 0 Å². The minimum Gasteiger partial charge on any atom is -0.299 e. The van der Waals surface area contributed by atoms with Crippen LogP contribution in [0.25, 0.3) is 0 Å². The summed E-state index contributed by atoms with van der Waals surface area (Å²) in [4.78, 5) is 0. The highest BCUT2D eigenvalue weighted by atomic mass is 15.0. The van der Waals surface area contributed by atoms with Crippen molar-refractivity contribution in [3.05, 3.63) is 0 Å². The highest BCUT2D eigenvalue weighted by Crippen LogP contribution is 2.28. The van der Waals surface area contributed by atoms with E-state index in [0.29, 0.717) is 6.04 Å². The van der Waals surface area contributed by atoms with Crippen molar-refractivity contribution < 1.29 is 0 Å². The molecule has 0 bridgehead atoms. The van der Waals surface area contributed by atoms with E-state index in [1.165, 1.54) is 57.8 Å². The van der Waals surface area contributed by atoms with Crippen LogP contribution in [0.4, 0.5) is 0 Å². The number of hydrogen-bond donors (Lipinski definition) is 1. The lowest BCUT2D eigenvalue weighted by molar-refractivity contribution is 0.307. The molecule has 2 heteroatoms. The van der Waals surface area contributed by atoms with Gasteiger partial charge in [-0.2, -0.15) is 5.26 Å². The van der Waals surface area contributed by atoms with Crippen molar-refractivity contribution in [1.82, 2.24) is 5.32 Å². The first-order chi connectivity index (χ1) is 7.88. The highest BCUT2D eigenvalue weighted by Gasteiger charge is 2.22. The van der Waals surface area contributed by atoms with Crippen LogP contribution in [0.2, 0.25) is 0 Å². The molecule has 1 N–H and O–H groups in total. The fourth-order valence-corrected chi connectivity index (χ4v) is 3.29. The molecule has 0 saturated heterocycles. The number of hydrogen-bond acceptors (Lipinski definition) is 2. The van der Waals surface area contributed by atoms with Crippen LogP contribution in [0.1, 0.15) is 64.2 Å². The van der Waals surface area contributed by atoms with Crippen molar-refractivity contribution in [2.24, 2.45) is 5.92 Å². The van der Waals surface area contributed by atoms with Crippen LogP contribution in [0, 0.1) is 17.2 Å². The molecule has 2 rings (SSSR count). The minimum absolute atomic E-state index is 0.117. The van der Waals surface area contributed by atoms with E-state index in [9.17, 15) is 5.26 Å². The summed E-state index contributed by atoms with van der Waals surface area (Å²) in [6, 6.07) is 3.21. The first-order valence-electron chi connectivity index (χ1n) is 7.04. The van der Waals surface area contributed by atoms with Crippen molar-refractivity contribution >= 4 is 0 Å². The zero-order valence-electron chi connectivity index (χ0n) is 10.3. The number of nitriles is 1. The van der Waals surface area contributed by atoms with Crippen LogP contribution < -0.4 is 5.32 Å². The predicted octanol–water partition coefficient (Wildman–Crippen LogP) is 3.38. The molecule has 0 radical (unpaired) electrons. The van der Waals surface area contributed by atoms with Crippen molar-refractivity contribution in [2.45, 2.75) is 76.3 Å². The van der Waals surface area contributed by atoms with E-state index in [-0.39, 0.29) is 6.04 Å². The molecule has 90 valence electrons. The van der Waals surface area contributed by atoms with Gasteiger partial charge in [-0.1, -0.05) is 44.9 Å². The average Bonchev–Trinajstić information content (AvgIpc) is 2.82. The molecular formula is C14H24N2. The Hall–Kier alpha value is -0.550. The molecule has 0 heterocycles. The summed E-state index contributed by atoms with van der Waals surface area (Å²) in [6.07, 6.45) is 13.2. The Morgan fingerprint density at radius 2 is 1.62 bits per heavy atom. The van der Waals surface area contributed by atoms with Gasteiger partial charge in [0.15, 0.2) is 0 Å². The summed E-state index contributed by atoms with van der Waals surface area (Å²) in [5.41, 5.74) is 0. The second-order valence-corrected chi connectivity index (χ2v) is 5.57. The average molecular weight is 220 g/mol. The van der Waals surface area contributed by atoms with Gasteiger partial charge in [-0.3, -0.25) is 5.32 Å². The van der Waals surface area contributed by atoms with Gasteiger partial charge in [-0.05, 0) is 25.2 Å². The van der Waals surface area contributed by atoms with Crippen LogP contribution in [0.5, 0.6) is 0 Å². The molecular weight excluding hydrogens is 196 g/mol. The number of nitrogens with zero attached hydrogens (tertiary/aromatic N) is 1. The number of nitrogens with one attached hydrogen (secondary N) is 1. The summed E-state index contributed by atoms with van der Waals surface area (Å²) in [5, 5.41) is 12.8. The highest BCUT2D eigenvalue weighted by molar-refractivity contribution is 4.94. The summed E-state index contributed by atoms with van der Waals surface area (Å²) < 4.78 is 0. The molecule has 2 aliphatic carbocycles. The van der Waals surface area contributed by atoms with Crippen LogP contribution >= 0.6 is 0 Å². The van der Waals surface area contributed by atoms with Crippen molar-refractivity contribution in [2.75, 3.05) is 0 Å². The van der Waals surface area contributed by atoms with Gasteiger partial charge in [0.1, 0.15) is 0 Å². The van der Waals surface area contributed by atoms with Crippen molar-refractivity contribution in [3.63, 3.8) is 0 Å². The topological polar surface area (TPSA) is 35.8 Å². The van der Waals surface area contributed by atoms with Crippen LogP contribution in [0.15, 0.2) is 0 Å². The Kier molecular flexibility index (Phi) is 4.66. The van der Waals surface area contributed by atoms with Crippen LogP contribution in [0.3, 0.4) is 0 Å². The van der Waals surface area contributed by atoms with E-state index in [0.717, 1.165) is 12.3 Å². The first kappa shape index (κ1) is 11.9. The van der Waals surface area contributed by atoms with E-state index in [1.807, 2.05) is 0 Å². The fourth-order valence-electron chi connectivity index (χ4n) is 3.29. The van der Waals surface area contributed by atoms with Gasteiger partial charge in [0, 0.05) is 6.04 Å². The zero-order valence-corrected chi connectivity index (χ0v) is 10.3. The van der Waals surface area contributed by atoms with E-state index < -0.39 is 0 Å². The molecule has 2 nitrogen and oxygen atoms in total. The second kappa shape index (κ2) is 6.25. The molecule has 1 unspecified atom stereocenters. The third kappa shape index (κ3) is 3.49. The van der Waals surface area contributed by atoms with E-state index >= 15 is 0 Å². The first-order valence-corrected chi connectivity index (χ1v) is 7.04. The fraction of sp³-hybridized carbons (Fsp3) is 0.929. The van der Waals surface area contributed by atoms with Crippen molar-refractivity contribution in [3.8, 4) is 6.07 Å². The third-order valence-corrected chi connectivity index (χ3v) is 4.24. The standard InChI is InChI=1S/C14H24N2/c15-11-14(16-13-8-4-5-9-13)10-12-6-2-1-3-7-12/h12-14,16H,1-10H2. The van der Waals surface area contributed by atoms with Gasteiger partial charge >= 0.3 is 0 Å². The maximum Gasteiger partial charge on any atom is 0.0957 e. The Balaban J connectivity index is 1.73. The normalized spacial score (nSPS) is 25.4. The zero-order chi connectivity index (χ0) is 11.2. The summed E-state index contributed by atoms with van der Waals surface area (Å²) in [7, 11) is 0. The van der Waals surface area contributed by atoms with Gasteiger partial charge in [0.2, 0.25) is 0 Å². The van der Waals surface area contributed by atoms with Gasteiger partial charge < -0.3 is 0 Å². The maximum absolute atomic E-state index is 9.20. The minimum atomic E-state index is 0.117. The smallest absolute Gasteiger partial charge is 0.0957 e. The molecule has 2 aliphatic rings. The molecule has 2 saturated carbocycles. The Morgan fingerprint density at radius 3 is 2.25 bits per heavy atom. The number of rotatable bonds is 4. The Morgan fingerprint density at radius 1 is 1.00 bits per heavy atom. The Bertz CT molecular complexity index is 232. The van der Waals surface area contributed by atoms with Crippen molar-refractivity contribution in [1.29, 1.82) is 5.26 Å². The lowest BCUT2D eigenvalue weighted by Gasteiger charge is -2.25. The second-order valence-electron chi connectivity index (χ2n) is 5.57. The molecule has 0 aliphatic heterocycles. The predicted molar refractivity (Wildman–Crippen MR) is 66.0 cm³/mol. The molecule has 0 aromatic carbocycles. The monoisotopic (exact) mass is 220 g/mol. The summed E-state index contributed by atoms with van der Waals surface area (Å²) in [5.74, 6) is 0.812. The van der Waals surface area contributed by atoms with Gasteiger partial charge in [0.25, 0.3) is 0 Å². The lowest BCUT2D eigenvalue weighted by Crippen LogP contribution is -2.37. The van der Waals surface area contributed by atoms with Gasteiger partial charge in [0.05, 0.1) is 12.1 Å². The molecule has 16 heavy (non-hydrogen) atoms. The molecule has 1 atom stereocenters. The third-order valence-electron chi connectivity index (χ3n) is 4.24. The van der Waals surface area contributed by atoms with E-state index in [1.54, 1.807) is 0 Å². The van der Waals surface area contributed by atoms with E-state index in [2.05, 4.69) is 11.4 Å². The maximum atomic E-state index is 9.20. The largest absolute Gasteiger partial charge is 0.299 e. The van der Waals surface area contributed by atoms with Crippen LogP contribution in [-0.4, -0.2) is 12.1 Å². The quantitative estimate of drug-likeness (QED) is 0.788. The summed E-state index contributed by atoms with van der Waals surface area (Å²) in [6.45, 7) is 0. The lowest BCUT2D eigenvalue weighted by atomic mass is 9.85. The molecule has 0 amide bonds. The van der Waals surface area contributed by atoms with E-state index in [4.69, 9.17) is 0 Å². The molecule has 0 spiro atoms. The molecule has 0 aromatic heterocycles. The SMILES string of the molecule is N#CC(CC1CCCCC1)NC1CCCC1. The molecule has 2 fully saturated rings. The van der Waals surface area contributed by atoms with Crippen LogP contribution in [-0.2, 0) is 0 Å². The summed E-state index contributed by atoms with van der Waals surface area (Å²) >= 11 is 0. The Labute approximate surface area is 99.4 Å². The molecule has 0 aromatic rings. The van der Waals surface area contributed by atoms with Gasteiger partial charge in [-0.15, -0.1) is 0 Å².